The fraction of sp³-hybridized carbons (Fsp3) is 0.179. The summed E-state index contributed by atoms with van der Waals surface area (Å²) in [6.45, 7) is 0. The molecule has 0 spiro atoms. The van der Waals surface area contributed by atoms with E-state index in [2.05, 4.69) is 11.1 Å². The number of methoxy groups -OCH3 is 2. The second-order valence-corrected chi connectivity index (χ2v) is 7.86. The first-order valence-corrected chi connectivity index (χ1v) is 10.6. The highest BCUT2D eigenvalue weighted by Crippen LogP contribution is 2.48. The number of ether oxygens (including phenoxy) is 2. The summed E-state index contributed by atoms with van der Waals surface area (Å²) >= 11 is 0. The Morgan fingerprint density at radius 2 is 1.70 bits per heavy atom. The molecule has 4 rings (SSSR count). The molecule has 0 aliphatic carbocycles. The Morgan fingerprint density at radius 3 is 2.42 bits per heavy atom. The number of hydrogen-bond donors (Lipinski definition) is 0. The highest BCUT2D eigenvalue weighted by atomic mass is 16.5. The van der Waals surface area contributed by atoms with E-state index in [1.54, 1.807) is 25.6 Å². The predicted octanol–water partition coefficient (Wildman–Crippen LogP) is 5.30. The molecule has 33 heavy (non-hydrogen) atoms. The summed E-state index contributed by atoms with van der Waals surface area (Å²) in [5.41, 5.74) is 0.807. The largest absolute Gasteiger partial charge is 0.496 e. The van der Waals surface area contributed by atoms with Crippen LogP contribution in [-0.4, -0.2) is 25.2 Å². The van der Waals surface area contributed by atoms with Gasteiger partial charge in [0, 0.05) is 30.3 Å². The van der Waals surface area contributed by atoms with E-state index in [0.29, 0.717) is 5.75 Å². The number of aromatic nitrogens is 1. The van der Waals surface area contributed by atoms with Gasteiger partial charge in [-0.05, 0) is 34.0 Å². The molecule has 0 bridgehead atoms. The number of para-hydroxylation sites is 1. The van der Waals surface area contributed by atoms with Gasteiger partial charge >= 0.3 is 5.97 Å². The third-order valence-electron chi connectivity index (χ3n) is 6.03. The highest BCUT2D eigenvalue weighted by Gasteiger charge is 2.50. The zero-order valence-electron chi connectivity index (χ0n) is 18.6. The molecule has 0 fully saturated rings. The lowest BCUT2D eigenvalue weighted by atomic mass is 9.65. The van der Waals surface area contributed by atoms with E-state index in [0.717, 1.165) is 27.5 Å². The van der Waals surface area contributed by atoms with Gasteiger partial charge in [-0.15, -0.1) is 0 Å². The number of carbonyl (C=O) groups excluding carboxylic acids is 1. The van der Waals surface area contributed by atoms with E-state index in [9.17, 15) is 10.1 Å². The molecule has 0 saturated carbocycles. The van der Waals surface area contributed by atoms with Crippen molar-refractivity contribution in [1.82, 2.24) is 4.98 Å². The van der Waals surface area contributed by atoms with Gasteiger partial charge in [-0.2, -0.15) is 5.26 Å². The molecule has 0 aliphatic rings. The number of nitrogens with zero attached hydrogens (tertiary/aromatic N) is 2. The Kier molecular flexibility index (Phi) is 6.37. The molecule has 0 N–H and O–H groups in total. The molecular formula is C28H24N2O3. The molecule has 0 unspecified atom stereocenters. The molecule has 1 aromatic heterocycles. The quantitative estimate of drug-likeness (QED) is 0.368. The standard InChI is InChI=1S/C28H24N2O3/c1-32-25-15-6-5-13-24(25)26(23-14-7-11-21-10-3-4-12-22(21)23)28(19-29,27(31)33-2)17-20-9-8-16-30-18-20/h3-16,18,26H,17H2,1-2H3/t26-,28+/m1/s1. The van der Waals surface area contributed by atoms with Crippen molar-refractivity contribution in [3.8, 4) is 11.8 Å². The molecule has 0 aliphatic heterocycles. The number of benzene rings is 3. The van der Waals surface area contributed by atoms with E-state index >= 15 is 0 Å². The van der Waals surface area contributed by atoms with Gasteiger partial charge in [0.25, 0.3) is 0 Å². The molecular weight excluding hydrogens is 412 g/mol. The fourth-order valence-corrected chi connectivity index (χ4v) is 4.55. The summed E-state index contributed by atoms with van der Waals surface area (Å²) in [4.78, 5) is 17.7. The maximum atomic E-state index is 13.5. The van der Waals surface area contributed by atoms with Crippen LogP contribution in [0.2, 0.25) is 0 Å². The topological polar surface area (TPSA) is 72.2 Å². The number of hydrogen-bond acceptors (Lipinski definition) is 5. The second kappa shape index (κ2) is 9.54. The van der Waals surface area contributed by atoms with Crippen LogP contribution in [0.25, 0.3) is 10.8 Å². The first-order valence-electron chi connectivity index (χ1n) is 10.6. The van der Waals surface area contributed by atoms with Crippen LogP contribution in [0.5, 0.6) is 5.75 Å². The summed E-state index contributed by atoms with van der Waals surface area (Å²) in [6.07, 6.45) is 3.48. The molecule has 3 aromatic carbocycles. The van der Waals surface area contributed by atoms with Crippen molar-refractivity contribution in [2.75, 3.05) is 14.2 Å². The van der Waals surface area contributed by atoms with Gasteiger partial charge in [-0.25, -0.2) is 0 Å². The second-order valence-electron chi connectivity index (χ2n) is 7.86. The molecule has 5 nitrogen and oxygen atoms in total. The van der Waals surface area contributed by atoms with Crippen molar-refractivity contribution in [3.63, 3.8) is 0 Å². The Morgan fingerprint density at radius 1 is 0.970 bits per heavy atom. The van der Waals surface area contributed by atoms with Crippen molar-refractivity contribution in [2.24, 2.45) is 5.41 Å². The predicted molar refractivity (Wildman–Crippen MR) is 127 cm³/mol. The van der Waals surface area contributed by atoms with Crippen molar-refractivity contribution < 1.29 is 14.3 Å². The van der Waals surface area contributed by atoms with Crippen LogP contribution in [0.4, 0.5) is 0 Å². The number of rotatable bonds is 7. The van der Waals surface area contributed by atoms with Crippen LogP contribution in [0.1, 0.15) is 22.6 Å². The average molecular weight is 437 g/mol. The molecule has 1 heterocycles. The fourth-order valence-electron chi connectivity index (χ4n) is 4.55. The van der Waals surface area contributed by atoms with E-state index in [1.807, 2.05) is 72.8 Å². The first-order chi connectivity index (χ1) is 16.1. The highest BCUT2D eigenvalue weighted by molar-refractivity contribution is 5.90. The minimum Gasteiger partial charge on any atom is -0.496 e. The number of pyridine rings is 1. The Bertz CT molecular complexity index is 1310. The number of carbonyl (C=O) groups is 1. The lowest BCUT2D eigenvalue weighted by Gasteiger charge is -2.35. The van der Waals surface area contributed by atoms with Crippen LogP contribution in [-0.2, 0) is 16.0 Å². The van der Waals surface area contributed by atoms with Crippen LogP contribution < -0.4 is 4.74 Å². The molecule has 164 valence electrons. The summed E-state index contributed by atoms with van der Waals surface area (Å²) in [6, 6.07) is 27.4. The third kappa shape index (κ3) is 4.04. The van der Waals surface area contributed by atoms with Gasteiger partial charge in [0.2, 0.25) is 0 Å². The SMILES string of the molecule is COC(=O)[C@](C#N)(Cc1cccnc1)[C@@H](c1ccccc1OC)c1cccc2ccccc12. The monoisotopic (exact) mass is 436 g/mol. The Hall–Kier alpha value is -4.17. The van der Waals surface area contributed by atoms with Crippen molar-refractivity contribution >= 4 is 16.7 Å². The number of fused-ring (bicyclic) bond motifs is 1. The first kappa shape index (κ1) is 22.0. The average Bonchev–Trinajstić information content (AvgIpc) is 2.88. The minimum absolute atomic E-state index is 0.135. The van der Waals surface area contributed by atoms with Gasteiger partial charge in [-0.3, -0.25) is 9.78 Å². The van der Waals surface area contributed by atoms with E-state index in [-0.39, 0.29) is 6.42 Å². The van der Waals surface area contributed by atoms with Crippen LogP contribution in [0, 0.1) is 16.7 Å². The van der Waals surface area contributed by atoms with Crippen molar-refractivity contribution in [1.29, 1.82) is 5.26 Å². The van der Waals surface area contributed by atoms with Crippen LogP contribution >= 0.6 is 0 Å². The maximum absolute atomic E-state index is 13.5. The van der Waals surface area contributed by atoms with Gasteiger partial charge in [0.1, 0.15) is 5.75 Å². The summed E-state index contributed by atoms with van der Waals surface area (Å²) in [5, 5.41) is 12.6. The van der Waals surface area contributed by atoms with Gasteiger partial charge in [0.05, 0.1) is 20.3 Å². The molecule has 4 aromatic rings. The van der Waals surface area contributed by atoms with E-state index in [4.69, 9.17) is 9.47 Å². The smallest absolute Gasteiger partial charge is 0.327 e. The lowest BCUT2D eigenvalue weighted by molar-refractivity contribution is -0.150. The molecule has 5 heteroatoms. The van der Waals surface area contributed by atoms with Gasteiger partial charge in [0.15, 0.2) is 5.41 Å². The van der Waals surface area contributed by atoms with Gasteiger partial charge < -0.3 is 9.47 Å². The lowest BCUT2D eigenvalue weighted by Crippen LogP contribution is -2.40. The number of esters is 1. The van der Waals surface area contributed by atoms with E-state index < -0.39 is 17.3 Å². The summed E-state index contributed by atoms with van der Waals surface area (Å²) < 4.78 is 11.0. The normalized spacial score (nSPS) is 13.5. The summed E-state index contributed by atoms with van der Waals surface area (Å²) in [7, 11) is 2.91. The summed E-state index contributed by atoms with van der Waals surface area (Å²) in [5.74, 6) is -0.653. The molecule has 2 atom stereocenters. The Balaban J connectivity index is 2.07. The van der Waals surface area contributed by atoms with Gasteiger partial charge in [-0.1, -0.05) is 66.7 Å². The maximum Gasteiger partial charge on any atom is 0.327 e. The number of nitriles is 1. The Labute approximate surface area is 193 Å². The zero-order valence-corrected chi connectivity index (χ0v) is 18.6. The zero-order chi connectivity index (χ0) is 23.3. The minimum atomic E-state index is -1.56. The van der Waals surface area contributed by atoms with Crippen LogP contribution in [0.15, 0.2) is 91.3 Å². The molecule has 0 amide bonds. The van der Waals surface area contributed by atoms with Crippen LogP contribution in [0.3, 0.4) is 0 Å². The van der Waals surface area contributed by atoms with Crippen molar-refractivity contribution in [2.45, 2.75) is 12.3 Å². The van der Waals surface area contributed by atoms with E-state index in [1.165, 1.54) is 7.11 Å². The molecule has 0 saturated heterocycles. The molecule has 0 radical (unpaired) electrons. The third-order valence-corrected chi connectivity index (χ3v) is 6.03. The van der Waals surface area contributed by atoms with Crippen molar-refractivity contribution in [3.05, 3.63) is 108 Å².